The molecule has 0 aliphatic carbocycles. The molecule has 0 aliphatic rings. The molecule has 1 aromatic carbocycles. The maximum Gasteiger partial charge on any atom is 0.338 e. The minimum Gasteiger partial charge on any atom is -0.478 e. The van der Waals surface area contributed by atoms with Crippen molar-refractivity contribution in [2.45, 2.75) is 6.42 Å². The maximum atomic E-state index is 11.2. The molecule has 0 fully saturated rings. The maximum absolute atomic E-state index is 11.2. The summed E-state index contributed by atoms with van der Waals surface area (Å²) < 4.78 is 0. The third-order valence-electron chi connectivity index (χ3n) is 2.79. The lowest BCUT2D eigenvalue weighted by atomic mass is 10.1. The number of carboxylic acids is 1. The molecular formula is C12H15N3O5. The first-order chi connectivity index (χ1) is 9.36. The van der Waals surface area contributed by atoms with Gasteiger partial charge in [-0.2, -0.15) is 0 Å². The molecule has 1 amide bonds. The fraction of sp³-hybridized carbons (Fsp3) is 0.333. The van der Waals surface area contributed by atoms with Gasteiger partial charge in [0.25, 0.3) is 5.69 Å². The van der Waals surface area contributed by atoms with Gasteiger partial charge in [0.15, 0.2) is 0 Å². The summed E-state index contributed by atoms with van der Waals surface area (Å²) in [6.45, 7) is 0.303. The van der Waals surface area contributed by atoms with Crippen LogP contribution in [0, 0.1) is 10.1 Å². The first kappa shape index (κ1) is 15.4. The van der Waals surface area contributed by atoms with Crippen molar-refractivity contribution in [3.8, 4) is 0 Å². The highest BCUT2D eigenvalue weighted by Gasteiger charge is 2.18. The number of non-ortho nitro benzene ring substituents is 1. The van der Waals surface area contributed by atoms with E-state index in [1.165, 1.54) is 19.2 Å². The Balaban J connectivity index is 3.01. The second kappa shape index (κ2) is 6.50. The number of anilines is 1. The number of rotatable bonds is 6. The Bertz CT molecular complexity index is 544. The number of nitro groups is 1. The standard InChI is InChI=1S/C12H15N3O5/c1-13-11(16)5-6-14(2)10-4-3-8(15(19)20)7-9(10)12(17)18/h3-4,7H,5-6H2,1-2H3,(H,13,16)(H,17,18). The molecule has 0 aliphatic heterocycles. The van der Waals surface area contributed by atoms with Gasteiger partial charge >= 0.3 is 5.97 Å². The molecule has 0 saturated carbocycles. The number of carbonyl (C=O) groups excluding carboxylic acids is 1. The molecule has 0 saturated heterocycles. The van der Waals surface area contributed by atoms with Crippen LogP contribution in [-0.4, -0.2) is 42.5 Å². The summed E-state index contributed by atoms with van der Waals surface area (Å²) >= 11 is 0. The molecule has 0 atom stereocenters. The molecule has 8 heteroatoms. The van der Waals surface area contributed by atoms with Crippen molar-refractivity contribution in [2.75, 3.05) is 25.5 Å². The molecule has 0 heterocycles. The summed E-state index contributed by atoms with van der Waals surface area (Å²) in [4.78, 5) is 33.9. The third kappa shape index (κ3) is 3.67. The Morgan fingerprint density at radius 2 is 2.10 bits per heavy atom. The lowest BCUT2D eigenvalue weighted by molar-refractivity contribution is -0.384. The van der Waals surface area contributed by atoms with E-state index in [1.807, 2.05) is 0 Å². The highest BCUT2D eigenvalue weighted by molar-refractivity contribution is 5.95. The SMILES string of the molecule is CNC(=O)CCN(C)c1ccc([N+](=O)[O-])cc1C(=O)O. The van der Waals surface area contributed by atoms with Crippen molar-refractivity contribution < 1.29 is 19.6 Å². The summed E-state index contributed by atoms with van der Waals surface area (Å²) in [5.41, 5.74) is -0.128. The first-order valence-corrected chi connectivity index (χ1v) is 5.80. The number of aromatic carboxylic acids is 1. The average molecular weight is 281 g/mol. The number of benzene rings is 1. The van der Waals surface area contributed by atoms with Gasteiger partial charge in [-0.15, -0.1) is 0 Å². The zero-order valence-corrected chi connectivity index (χ0v) is 11.1. The summed E-state index contributed by atoms with van der Waals surface area (Å²) in [5.74, 6) is -1.42. The van der Waals surface area contributed by atoms with Crippen LogP contribution in [0.1, 0.15) is 16.8 Å². The molecule has 0 aromatic heterocycles. The van der Waals surface area contributed by atoms with Crippen molar-refractivity contribution in [1.29, 1.82) is 0 Å². The zero-order chi connectivity index (χ0) is 15.3. The predicted molar refractivity (Wildman–Crippen MR) is 72.0 cm³/mol. The van der Waals surface area contributed by atoms with Crippen molar-refractivity contribution in [2.24, 2.45) is 0 Å². The van der Waals surface area contributed by atoms with E-state index in [9.17, 15) is 19.7 Å². The predicted octanol–water partition coefficient (Wildman–Crippen LogP) is 0.865. The van der Waals surface area contributed by atoms with Gasteiger partial charge in [-0.05, 0) is 6.07 Å². The minimum absolute atomic E-state index is 0.168. The molecule has 0 spiro atoms. The normalized spacial score (nSPS) is 9.90. The molecule has 8 nitrogen and oxygen atoms in total. The van der Waals surface area contributed by atoms with Gasteiger partial charge in [0.1, 0.15) is 0 Å². The molecule has 0 radical (unpaired) electrons. The Kier molecular flexibility index (Phi) is 5.01. The van der Waals surface area contributed by atoms with Gasteiger partial charge in [0.05, 0.1) is 16.2 Å². The number of carbonyl (C=O) groups is 2. The van der Waals surface area contributed by atoms with Crippen molar-refractivity contribution in [3.63, 3.8) is 0 Å². The molecule has 2 N–H and O–H groups in total. The van der Waals surface area contributed by atoms with Crippen LogP contribution in [0.5, 0.6) is 0 Å². The average Bonchev–Trinajstić information content (AvgIpc) is 2.43. The number of amides is 1. The second-order valence-corrected chi connectivity index (χ2v) is 4.11. The Morgan fingerprint density at radius 1 is 1.45 bits per heavy atom. The van der Waals surface area contributed by atoms with Crippen molar-refractivity contribution in [3.05, 3.63) is 33.9 Å². The largest absolute Gasteiger partial charge is 0.478 e. The quantitative estimate of drug-likeness (QED) is 0.590. The highest BCUT2D eigenvalue weighted by Crippen LogP contribution is 2.25. The van der Waals surface area contributed by atoms with Gasteiger partial charge in [-0.3, -0.25) is 14.9 Å². The van der Waals surface area contributed by atoms with Crippen LogP contribution >= 0.6 is 0 Å². The summed E-state index contributed by atoms with van der Waals surface area (Å²) in [6, 6.07) is 3.61. The fourth-order valence-electron chi connectivity index (χ4n) is 1.66. The van der Waals surface area contributed by atoms with Crippen LogP contribution in [0.2, 0.25) is 0 Å². The molecule has 1 rings (SSSR count). The zero-order valence-electron chi connectivity index (χ0n) is 11.1. The lowest BCUT2D eigenvalue weighted by Crippen LogP contribution is -2.27. The number of carboxylic acid groups (broad SMARTS) is 1. The topological polar surface area (TPSA) is 113 Å². The number of hydrogen-bond acceptors (Lipinski definition) is 5. The molecule has 20 heavy (non-hydrogen) atoms. The van der Waals surface area contributed by atoms with E-state index in [0.29, 0.717) is 12.2 Å². The van der Waals surface area contributed by atoms with Crippen LogP contribution < -0.4 is 10.2 Å². The van der Waals surface area contributed by atoms with Gasteiger partial charge in [0, 0.05) is 39.2 Å². The van der Waals surface area contributed by atoms with E-state index in [-0.39, 0.29) is 23.6 Å². The minimum atomic E-state index is -1.25. The van der Waals surface area contributed by atoms with E-state index < -0.39 is 10.9 Å². The third-order valence-corrected chi connectivity index (χ3v) is 2.79. The van der Waals surface area contributed by atoms with Gasteiger partial charge in [-0.1, -0.05) is 0 Å². The van der Waals surface area contributed by atoms with Gasteiger partial charge < -0.3 is 15.3 Å². The Morgan fingerprint density at radius 3 is 2.60 bits per heavy atom. The van der Waals surface area contributed by atoms with Gasteiger partial charge in [0.2, 0.25) is 5.91 Å². The monoisotopic (exact) mass is 281 g/mol. The van der Waals surface area contributed by atoms with Crippen LogP contribution in [0.15, 0.2) is 18.2 Å². The van der Waals surface area contributed by atoms with E-state index >= 15 is 0 Å². The summed E-state index contributed by atoms with van der Waals surface area (Å²) in [7, 11) is 3.13. The molecule has 1 aromatic rings. The van der Waals surface area contributed by atoms with Crippen LogP contribution in [-0.2, 0) is 4.79 Å². The number of hydrogen-bond donors (Lipinski definition) is 2. The van der Waals surface area contributed by atoms with E-state index in [4.69, 9.17) is 5.11 Å². The highest BCUT2D eigenvalue weighted by atomic mass is 16.6. The summed E-state index contributed by atoms with van der Waals surface area (Å²) in [6.07, 6.45) is 0.197. The molecular weight excluding hydrogens is 266 g/mol. The number of nitrogens with zero attached hydrogens (tertiary/aromatic N) is 2. The number of nitro benzene ring substituents is 1. The Labute approximate surface area is 115 Å². The first-order valence-electron chi connectivity index (χ1n) is 5.80. The lowest BCUT2D eigenvalue weighted by Gasteiger charge is -2.20. The molecule has 0 bridgehead atoms. The number of nitrogens with one attached hydrogen (secondary N) is 1. The van der Waals surface area contributed by atoms with E-state index in [1.54, 1.807) is 11.9 Å². The van der Waals surface area contributed by atoms with Crippen molar-refractivity contribution in [1.82, 2.24) is 5.32 Å². The van der Waals surface area contributed by atoms with Crippen LogP contribution in [0.25, 0.3) is 0 Å². The second-order valence-electron chi connectivity index (χ2n) is 4.11. The molecule has 0 unspecified atom stereocenters. The van der Waals surface area contributed by atoms with Crippen LogP contribution in [0.3, 0.4) is 0 Å². The van der Waals surface area contributed by atoms with E-state index in [2.05, 4.69) is 5.32 Å². The smallest absolute Gasteiger partial charge is 0.338 e. The van der Waals surface area contributed by atoms with Crippen LogP contribution in [0.4, 0.5) is 11.4 Å². The fourth-order valence-corrected chi connectivity index (χ4v) is 1.66. The van der Waals surface area contributed by atoms with Crippen molar-refractivity contribution >= 4 is 23.3 Å². The Hall–Kier alpha value is -2.64. The van der Waals surface area contributed by atoms with E-state index in [0.717, 1.165) is 6.07 Å². The van der Waals surface area contributed by atoms with Gasteiger partial charge in [-0.25, -0.2) is 4.79 Å². The summed E-state index contributed by atoms with van der Waals surface area (Å²) in [5, 5.41) is 22.2. The molecule has 108 valence electrons.